The number of likely N-dealkylation sites (N-methyl/N-ethyl adjacent to an activating group) is 1. The molecule has 11 heavy (non-hydrogen) atoms. The molecule has 0 saturated heterocycles. The fourth-order valence-corrected chi connectivity index (χ4v) is 0.873. The largest absolute Gasteiger partial charge is 0.330 e. The van der Waals surface area contributed by atoms with Crippen molar-refractivity contribution in [2.45, 2.75) is 19.8 Å². The fraction of sp³-hybridized carbons (Fsp3) is 1.00. The van der Waals surface area contributed by atoms with E-state index in [1.807, 2.05) is 0 Å². The minimum atomic E-state index is 0.814. The maximum atomic E-state index is 5.35. The molecule has 3 heteroatoms. The second kappa shape index (κ2) is 9.88. The summed E-state index contributed by atoms with van der Waals surface area (Å²) in [6.45, 7) is 7.23. The van der Waals surface area contributed by atoms with Crippen LogP contribution >= 0.6 is 0 Å². The number of hydrogen-bond acceptors (Lipinski definition) is 3. The minimum absolute atomic E-state index is 0.814. The van der Waals surface area contributed by atoms with Gasteiger partial charge in [0, 0.05) is 13.1 Å². The van der Waals surface area contributed by atoms with Gasteiger partial charge in [-0.25, -0.2) is 0 Å². The van der Waals surface area contributed by atoms with Crippen LogP contribution in [0.25, 0.3) is 0 Å². The number of hydrogen-bond donors (Lipinski definition) is 3. The molecule has 0 unspecified atom stereocenters. The minimum Gasteiger partial charge on any atom is -0.330 e. The zero-order valence-corrected chi connectivity index (χ0v) is 7.53. The molecule has 0 aromatic heterocycles. The maximum Gasteiger partial charge on any atom is 0.00767 e. The fourth-order valence-electron chi connectivity index (χ4n) is 0.873. The van der Waals surface area contributed by atoms with Gasteiger partial charge >= 0.3 is 0 Å². The molecule has 0 heterocycles. The third-order valence-electron chi connectivity index (χ3n) is 1.54. The first-order valence-electron chi connectivity index (χ1n) is 4.53. The molecule has 0 aliphatic rings. The van der Waals surface area contributed by atoms with Crippen LogP contribution in [-0.4, -0.2) is 32.7 Å². The number of nitrogens with one attached hydrogen (secondary N) is 2. The van der Waals surface area contributed by atoms with Gasteiger partial charge in [-0.2, -0.15) is 0 Å². The molecule has 0 aromatic carbocycles. The molecule has 0 rings (SSSR count). The molecule has 0 spiro atoms. The summed E-state index contributed by atoms with van der Waals surface area (Å²) in [6, 6.07) is 0. The van der Waals surface area contributed by atoms with Crippen molar-refractivity contribution in [3.05, 3.63) is 0 Å². The summed E-state index contributed by atoms with van der Waals surface area (Å²) in [6.07, 6.45) is 2.33. The van der Waals surface area contributed by atoms with E-state index in [4.69, 9.17) is 5.73 Å². The van der Waals surface area contributed by atoms with E-state index in [2.05, 4.69) is 17.6 Å². The number of rotatable bonds is 8. The first-order valence-corrected chi connectivity index (χ1v) is 4.53. The van der Waals surface area contributed by atoms with E-state index in [-0.39, 0.29) is 0 Å². The van der Waals surface area contributed by atoms with Gasteiger partial charge in [0.1, 0.15) is 0 Å². The number of unbranched alkanes of at least 4 members (excludes halogenated alkanes) is 1. The molecule has 0 aliphatic carbocycles. The van der Waals surface area contributed by atoms with Crippen molar-refractivity contribution >= 4 is 0 Å². The van der Waals surface area contributed by atoms with E-state index in [0.29, 0.717) is 0 Å². The molecule has 0 atom stereocenters. The second-order valence-corrected chi connectivity index (χ2v) is 2.60. The standard InChI is InChI=1S/C8H21N3/c1-2-10-7-8-11-6-4-3-5-9/h10-11H,2-9H2,1H3. The van der Waals surface area contributed by atoms with E-state index in [9.17, 15) is 0 Å². The van der Waals surface area contributed by atoms with Crippen LogP contribution in [-0.2, 0) is 0 Å². The first-order chi connectivity index (χ1) is 5.41. The van der Waals surface area contributed by atoms with E-state index < -0.39 is 0 Å². The Balaban J connectivity index is 2.69. The quantitative estimate of drug-likeness (QED) is 0.434. The van der Waals surface area contributed by atoms with Crippen LogP contribution in [0.1, 0.15) is 19.8 Å². The van der Waals surface area contributed by atoms with Gasteiger partial charge < -0.3 is 16.4 Å². The highest BCUT2D eigenvalue weighted by Crippen LogP contribution is 1.80. The van der Waals surface area contributed by atoms with Crippen LogP contribution in [0.5, 0.6) is 0 Å². The summed E-state index contributed by atoms with van der Waals surface area (Å²) in [4.78, 5) is 0. The monoisotopic (exact) mass is 159 g/mol. The average Bonchev–Trinajstić information content (AvgIpc) is 2.03. The van der Waals surface area contributed by atoms with Gasteiger partial charge in [0.05, 0.1) is 0 Å². The van der Waals surface area contributed by atoms with Crippen LogP contribution in [0.2, 0.25) is 0 Å². The lowest BCUT2D eigenvalue weighted by atomic mass is 10.3. The summed E-state index contributed by atoms with van der Waals surface area (Å²) >= 11 is 0. The Morgan fingerprint density at radius 1 is 1.00 bits per heavy atom. The molecule has 0 bridgehead atoms. The van der Waals surface area contributed by atoms with E-state index in [1.165, 1.54) is 6.42 Å². The molecule has 0 radical (unpaired) electrons. The Labute approximate surface area is 69.7 Å². The van der Waals surface area contributed by atoms with Crippen molar-refractivity contribution in [2.24, 2.45) is 5.73 Å². The normalized spacial score (nSPS) is 10.4. The smallest absolute Gasteiger partial charge is 0.00767 e. The Morgan fingerprint density at radius 2 is 1.73 bits per heavy atom. The first kappa shape index (κ1) is 10.9. The van der Waals surface area contributed by atoms with Gasteiger partial charge in [-0.1, -0.05) is 6.92 Å². The van der Waals surface area contributed by atoms with Gasteiger partial charge in [0.25, 0.3) is 0 Å². The van der Waals surface area contributed by atoms with E-state index in [0.717, 1.165) is 39.1 Å². The van der Waals surface area contributed by atoms with Crippen LogP contribution in [0, 0.1) is 0 Å². The maximum absolute atomic E-state index is 5.35. The Kier molecular flexibility index (Phi) is 9.77. The van der Waals surface area contributed by atoms with Gasteiger partial charge in [-0.05, 0) is 32.5 Å². The molecular formula is C8H21N3. The zero-order chi connectivity index (χ0) is 8.36. The van der Waals surface area contributed by atoms with Gasteiger partial charge in [0.15, 0.2) is 0 Å². The van der Waals surface area contributed by atoms with Gasteiger partial charge in [0.2, 0.25) is 0 Å². The van der Waals surface area contributed by atoms with Crippen molar-refractivity contribution in [3.63, 3.8) is 0 Å². The summed E-state index contributed by atoms with van der Waals surface area (Å²) < 4.78 is 0. The molecular weight excluding hydrogens is 138 g/mol. The second-order valence-electron chi connectivity index (χ2n) is 2.60. The lowest BCUT2D eigenvalue weighted by Crippen LogP contribution is -2.27. The van der Waals surface area contributed by atoms with E-state index in [1.54, 1.807) is 0 Å². The summed E-state index contributed by atoms with van der Waals surface area (Å²) in [7, 11) is 0. The lowest BCUT2D eigenvalue weighted by Gasteiger charge is -2.03. The lowest BCUT2D eigenvalue weighted by molar-refractivity contribution is 0.595. The van der Waals surface area contributed by atoms with Crippen LogP contribution in [0.3, 0.4) is 0 Å². The van der Waals surface area contributed by atoms with Crippen molar-refractivity contribution in [3.8, 4) is 0 Å². The van der Waals surface area contributed by atoms with Crippen molar-refractivity contribution in [1.29, 1.82) is 0 Å². The summed E-state index contributed by atoms with van der Waals surface area (Å²) in [5.74, 6) is 0. The molecule has 0 amide bonds. The Bertz CT molecular complexity index is 58.4. The average molecular weight is 159 g/mol. The zero-order valence-electron chi connectivity index (χ0n) is 7.53. The molecule has 3 nitrogen and oxygen atoms in total. The van der Waals surface area contributed by atoms with Crippen molar-refractivity contribution < 1.29 is 0 Å². The van der Waals surface area contributed by atoms with Crippen molar-refractivity contribution in [1.82, 2.24) is 10.6 Å². The summed E-state index contributed by atoms with van der Waals surface area (Å²) in [5, 5.41) is 6.59. The molecule has 68 valence electrons. The SMILES string of the molecule is CCNCCNCCCCN. The third-order valence-corrected chi connectivity index (χ3v) is 1.54. The Morgan fingerprint density at radius 3 is 2.36 bits per heavy atom. The third kappa shape index (κ3) is 9.88. The highest BCUT2D eigenvalue weighted by Gasteiger charge is 1.86. The van der Waals surface area contributed by atoms with Crippen molar-refractivity contribution in [2.75, 3.05) is 32.7 Å². The predicted molar refractivity (Wildman–Crippen MR) is 49.7 cm³/mol. The highest BCUT2D eigenvalue weighted by atomic mass is 14.9. The molecule has 0 fully saturated rings. The van der Waals surface area contributed by atoms with Crippen LogP contribution in [0.15, 0.2) is 0 Å². The van der Waals surface area contributed by atoms with Crippen LogP contribution in [0.4, 0.5) is 0 Å². The highest BCUT2D eigenvalue weighted by molar-refractivity contribution is 4.50. The number of nitrogens with two attached hydrogens (primary N) is 1. The molecule has 4 N–H and O–H groups in total. The molecule has 0 aromatic rings. The summed E-state index contributed by atoms with van der Waals surface area (Å²) in [5.41, 5.74) is 5.35. The molecule has 0 aliphatic heterocycles. The van der Waals surface area contributed by atoms with Crippen LogP contribution < -0.4 is 16.4 Å². The topological polar surface area (TPSA) is 50.1 Å². The van der Waals surface area contributed by atoms with Gasteiger partial charge in [-0.15, -0.1) is 0 Å². The molecule has 0 saturated carbocycles. The Hall–Kier alpha value is -0.120. The van der Waals surface area contributed by atoms with Gasteiger partial charge in [-0.3, -0.25) is 0 Å². The predicted octanol–water partition coefficient (Wildman–Crippen LogP) is -0.0756. The van der Waals surface area contributed by atoms with E-state index >= 15 is 0 Å².